The lowest BCUT2D eigenvalue weighted by molar-refractivity contribution is 0.0706. The van der Waals surface area contributed by atoms with E-state index in [2.05, 4.69) is 11.2 Å². The first kappa shape index (κ1) is 14.7. The molecule has 3 N–H and O–H groups in total. The molecule has 1 atom stereocenters. The van der Waals surface area contributed by atoms with Crippen molar-refractivity contribution in [1.82, 2.24) is 4.90 Å². The third kappa shape index (κ3) is 3.03. The van der Waals surface area contributed by atoms with E-state index in [4.69, 9.17) is 10.9 Å². The molecule has 7 heteroatoms. The monoisotopic (exact) mass is 325 g/mol. The van der Waals surface area contributed by atoms with Gasteiger partial charge in [0.2, 0.25) is 0 Å². The highest BCUT2D eigenvalue weighted by molar-refractivity contribution is 7.98. The second-order valence-corrected chi connectivity index (χ2v) is 7.72. The fourth-order valence-corrected chi connectivity index (χ4v) is 5.23. The first-order valence-electron chi connectivity index (χ1n) is 7.15. The molecule has 0 saturated carbocycles. The fourth-order valence-electron chi connectivity index (χ4n) is 2.89. The Kier molecular flexibility index (Phi) is 4.40. The molecule has 1 fully saturated rings. The summed E-state index contributed by atoms with van der Waals surface area (Å²) < 4.78 is 0. The van der Waals surface area contributed by atoms with Gasteiger partial charge in [-0.2, -0.15) is 11.8 Å². The van der Waals surface area contributed by atoms with Crippen LogP contribution in [0.3, 0.4) is 0 Å². The van der Waals surface area contributed by atoms with Gasteiger partial charge in [0, 0.05) is 29.6 Å². The maximum absolute atomic E-state index is 12.7. The van der Waals surface area contributed by atoms with Gasteiger partial charge >= 0.3 is 0 Å². The molecule has 114 valence electrons. The molecule has 0 aromatic carbocycles. The van der Waals surface area contributed by atoms with E-state index in [9.17, 15) is 4.79 Å². The van der Waals surface area contributed by atoms with Gasteiger partial charge in [0.05, 0.1) is 4.88 Å². The molecular formula is C14H19N3O2S2. The van der Waals surface area contributed by atoms with Crippen LogP contribution in [0.5, 0.6) is 0 Å². The van der Waals surface area contributed by atoms with Gasteiger partial charge in [-0.1, -0.05) is 5.16 Å². The average Bonchev–Trinajstić information content (AvgIpc) is 2.97. The van der Waals surface area contributed by atoms with Crippen molar-refractivity contribution in [3.63, 3.8) is 0 Å². The van der Waals surface area contributed by atoms with Crippen LogP contribution in [0.25, 0.3) is 0 Å². The van der Waals surface area contributed by atoms with Crippen LogP contribution in [-0.2, 0) is 12.2 Å². The molecule has 0 bridgehead atoms. The molecular weight excluding hydrogens is 306 g/mol. The van der Waals surface area contributed by atoms with Crippen LogP contribution in [0.4, 0.5) is 0 Å². The number of nitrogens with zero attached hydrogens (tertiary/aromatic N) is 2. The summed E-state index contributed by atoms with van der Waals surface area (Å²) in [6, 6.07) is 2.06. The van der Waals surface area contributed by atoms with E-state index < -0.39 is 0 Å². The smallest absolute Gasteiger partial charge is 0.263 e. The maximum atomic E-state index is 12.7. The van der Waals surface area contributed by atoms with Crippen LogP contribution < -0.4 is 5.73 Å². The Morgan fingerprint density at radius 3 is 3.14 bits per heavy atom. The average molecular weight is 325 g/mol. The predicted octanol–water partition coefficient (Wildman–Crippen LogP) is 2.14. The van der Waals surface area contributed by atoms with Gasteiger partial charge in [-0.15, -0.1) is 11.3 Å². The SMILES string of the molecule is NC(=NO)C1CCCN(C(=O)c2cc3c(s2)CCSC3)C1. The molecule has 2 aliphatic heterocycles. The number of carbonyl (C=O) groups excluding carboxylic acids is 1. The lowest BCUT2D eigenvalue weighted by Crippen LogP contribution is -2.44. The van der Waals surface area contributed by atoms with E-state index in [1.165, 1.54) is 10.4 Å². The van der Waals surface area contributed by atoms with Crippen LogP contribution in [0.1, 0.15) is 33.0 Å². The standard InChI is InChI=1S/C14H19N3O2S2/c15-13(16-19)9-2-1-4-17(7-9)14(18)12-6-10-8-20-5-3-11(10)21-12/h6,9,19H,1-5,7-8H2,(H2,15,16). The molecule has 3 heterocycles. The molecule has 0 aliphatic carbocycles. The number of rotatable bonds is 2. The van der Waals surface area contributed by atoms with E-state index in [1.807, 2.05) is 16.7 Å². The fraction of sp³-hybridized carbons (Fsp3) is 0.571. The molecule has 21 heavy (non-hydrogen) atoms. The summed E-state index contributed by atoms with van der Waals surface area (Å²) in [5, 5.41) is 11.9. The summed E-state index contributed by atoms with van der Waals surface area (Å²) in [5.74, 6) is 2.46. The van der Waals surface area contributed by atoms with Gasteiger partial charge in [0.1, 0.15) is 5.84 Å². The van der Waals surface area contributed by atoms with Crippen molar-refractivity contribution in [1.29, 1.82) is 0 Å². The first-order chi connectivity index (χ1) is 10.2. The van der Waals surface area contributed by atoms with Gasteiger partial charge in [-0.25, -0.2) is 0 Å². The van der Waals surface area contributed by atoms with Crippen LogP contribution in [0.2, 0.25) is 0 Å². The minimum atomic E-state index is -0.0298. The second-order valence-electron chi connectivity index (χ2n) is 5.48. The first-order valence-corrected chi connectivity index (χ1v) is 9.12. The number of hydrogen-bond acceptors (Lipinski definition) is 5. The zero-order valence-electron chi connectivity index (χ0n) is 11.7. The summed E-state index contributed by atoms with van der Waals surface area (Å²) in [7, 11) is 0. The van der Waals surface area contributed by atoms with Gasteiger partial charge in [0.15, 0.2) is 0 Å². The van der Waals surface area contributed by atoms with Crippen LogP contribution in [0.15, 0.2) is 11.2 Å². The highest BCUT2D eigenvalue weighted by atomic mass is 32.2. The topological polar surface area (TPSA) is 78.9 Å². The number of amidine groups is 1. The molecule has 2 aliphatic rings. The zero-order valence-corrected chi connectivity index (χ0v) is 13.4. The number of oxime groups is 1. The Labute approximate surface area is 132 Å². The summed E-state index contributed by atoms with van der Waals surface area (Å²) in [6.45, 7) is 1.30. The molecule has 1 unspecified atom stereocenters. The van der Waals surface area contributed by atoms with Crippen molar-refractivity contribution in [2.75, 3.05) is 18.8 Å². The third-order valence-corrected chi connectivity index (χ3v) is 6.31. The summed E-state index contributed by atoms with van der Waals surface area (Å²) in [4.78, 5) is 16.7. The second kappa shape index (κ2) is 6.27. The molecule has 3 rings (SSSR count). The number of aryl methyl sites for hydroxylation is 1. The minimum absolute atomic E-state index is 0.0298. The van der Waals surface area contributed by atoms with Crippen molar-refractivity contribution >= 4 is 34.8 Å². The van der Waals surface area contributed by atoms with Gasteiger partial charge in [-0.3, -0.25) is 4.79 Å². The highest BCUT2D eigenvalue weighted by Gasteiger charge is 2.28. The van der Waals surface area contributed by atoms with E-state index in [0.717, 1.165) is 42.2 Å². The lowest BCUT2D eigenvalue weighted by Gasteiger charge is -2.31. The Morgan fingerprint density at radius 1 is 1.52 bits per heavy atom. The number of carbonyl (C=O) groups is 1. The van der Waals surface area contributed by atoms with Crippen LogP contribution in [0, 0.1) is 5.92 Å². The van der Waals surface area contributed by atoms with Crippen LogP contribution in [-0.4, -0.2) is 40.7 Å². The van der Waals surface area contributed by atoms with E-state index in [0.29, 0.717) is 6.54 Å². The molecule has 5 nitrogen and oxygen atoms in total. The van der Waals surface area contributed by atoms with Crippen molar-refractivity contribution < 1.29 is 10.0 Å². The summed E-state index contributed by atoms with van der Waals surface area (Å²) in [5.41, 5.74) is 7.01. The van der Waals surface area contributed by atoms with Crippen LogP contribution >= 0.6 is 23.1 Å². The zero-order chi connectivity index (χ0) is 14.8. The van der Waals surface area contributed by atoms with Gasteiger partial charge in [-0.05, 0) is 36.6 Å². The number of fused-ring (bicyclic) bond motifs is 1. The van der Waals surface area contributed by atoms with Crippen molar-refractivity contribution in [3.05, 3.63) is 21.4 Å². The third-order valence-electron chi connectivity index (χ3n) is 4.08. The summed E-state index contributed by atoms with van der Waals surface area (Å²) >= 11 is 3.56. The Bertz CT molecular complexity index is 547. The Balaban J connectivity index is 1.74. The molecule has 1 aromatic rings. The van der Waals surface area contributed by atoms with Crippen molar-refractivity contribution in [2.24, 2.45) is 16.8 Å². The Hall–Kier alpha value is -1.21. The highest BCUT2D eigenvalue weighted by Crippen LogP contribution is 2.32. The minimum Gasteiger partial charge on any atom is -0.409 e. The maximum Gasteiger partial charge on any atom is 0.263 e. The number of amides is 1. The number of likely N-dealkylation sites (tertiary alicyclic amines) is 1. The van der Waals surface area contributed by atoms with Crippen molar-refractivity contribution in [3.8, 4) is 0 Å². The largest absolute Gasteiger partial charge is 0.409 e. The number of thiophene rings is 1. The van der Waals surface area contributed by atoms with E-state index in [-0.39, 0.29) is 17.7 Å². The molecule has 1 aromatic heterocycles. The van der Waals surface area contributed by atoms with E-state index in [1.54, 1.807) is 11.3 Å². The van der Waals surface area contributed by atoms with Gasteiger partial charge < -0.3 is 15.8 Å². The van der Waals surface area contributed by atoms with Gasteiger partial charge in [0.25, 0.3) is 5.91 Å². The van der Waals surface area contributed by atoms with Crippen molar-refractivity contribution in [2.45, 2.75) is 25.0 Å². The number of piperidine rings is 1. The van der Waals surface area contributed by atoms with E-state index >= 15 is 0 Å². The normalized spacial score (nSPS) is 23.0. The molecule has 1 saturated heterocycles. The molecule has 0 radical (unpaired) electrons. The lowest BCUT2D eigenvalue weighted by atomic mass is 9.97. The number of hydrogen-bond donors (Lipinski definition) is 2. The quantitative estimate of drug-likeness (QED) is 0.378. The summed E-state index contributed by atoms with van der Waals surface area (Å²) in [6.07, 6.45) is 2.84. The number of thioether (sulfide) groups is 1. The predicted molar refractivity (Wildman–Crippen MR) is 86.2 cm³/mol. The molecule has 0 spiro atoms. The number of nitrogens with two attached hydrogens (primary N) is 1. The molecule has 1 amide bonds. The Morgan fingerprint density at radius 2 is 2.38 bits per heavy atom.